The maximum Gasteiger partial charge on any atom is 0.247 e. The minimum Gasteiger partial charge on any atom is -0.486 e. The van der Waals surface area contributed by atoms with E-state index in [9.17, 15) is 8.42 Å². The highest BCUT2D eigenvalue weighted by Crippen LogP contribution is 2.41. The highest BCUT2D eigenvalue weighted by Gasteiger charge is 2.49. The van der Waals surface area contributed by atoms with Gasteiger partial charge in [-0.15, -0.1) is 0 Å². The zero-order valence-corrected chi connectivity index (χ0v) is 13.5. The third-order valence-electron chi connectivity index (χ3n) is 4.52. The number of ether oxygens (including phenoxy) is 4. The Labute approximate surface area is 135 Å². The number of fused-ring (bicyclic) bond motifs is 1. The third kappa shape index (κ3) is 2.40. The highest BCUT2D eigenvalue weighted by atomic mass is 32.2. The van der Waals surface area contributed by atoms with Crippen molar-refractivity contribution in [3.63, 3.8) is 0 Å². The van der Waals surface area contributed by atoms with E-state index in [0.29, 0.717) is 64.1 Å². The number of rotatable bonds is 2. The Bertz CT molecular complexity index is 698. The second-order valence-corrected chi connectivity index (χ2v) is 7.77. The second kappa shape index (κ2) is 5.62. The molecule has 0 N–H and O–H groups in total. The van der Waals surface area contributed by atoms with E-state index in [1.54, 1.807) is 18.2 Å². The Hall–Kier alpha value is -1.35. The van der Waals surface area contributed by atoms with Crippen LogP contribution in [0, 0.1) is 0 Å². The summed E-state index contributed by atoms with van der Waals surface area (Å²) in [7, 11) is -3.73. The van der Waals surface area contributed by atoms with Crippen molar-refractivity contribution in [1.82, 2.24) is 4.31 Å². The molecule has 2 saturated heterocycles. The van der Waals surface area contributed by atoms with E-state index < -0.39 is 15.6 Å². The molecule has 3 aliphatic rings. The van der Waals surface area contributed by atoms with Gasteiger partial charge in [0.25, 0.3) is 0 Å². The molecule has 4 rings (SSSR count). The van der Waals surface area contributed by atoms with Crippen LogP contribution < -0.4 is 9.47 Å². The molecule has 0 amide bonds. The van der Waals surface area contributed by atoms with Gasteiger partial charge in [0.05, 0.1) is 25.4 Å². The number of morpholine rings is 1. The van der Waals surface area contributed by atoms with Crippen LogP contribution in [0.3, 0.4) is 0 Å². The van der Waals surface area contributed by atoms with Crippen molar-refractivity contribution < 1.29 is 27.4 Å². The van der Waals surface area contributed by atoms with Gasteiger partial charge in [0.1, 0.15) is 18.1 Å². The van der Waals surface area contributed by atoms with E-state index in [1.807, 2.05) is 0 Å². The molecule has 0 radical (unpaired) electrons. The normalized spacial score (nSPS) is 28.2. The number of benzene rings is 1. The fourth-order valence-corrected chi connectivity index (χ4v) is 5.27. The molecule has 23 heavy (non-hydrogen) atoms. The maximum atomic E-state index is 13.3. The molecule has 1 aromatic rings. The van der Waals surface area contributed by atoms with Crippen LogP contribution >= 0.6 is 0 Å². The lowest BCUT2D eigenvalue weighted by Gasteiger charge is -2.42. The van der Waals surface area contributed by atoms with Crippen LogP contribution in [-0.2, 0) is 19.5 Å². The summed E-state index contributed by atoms with van der Waals surface area (Å²) in [4.78, 5) is 0.155. The minimum absolute atomic E-state index is 0.155. The Kier molecular flexibility index (Phi) is 3.72. The van der Waals surface area contributed by atoms with Crippen molar-refractivity contribution >= 4 is 10.0 Å². The van der Waals surface area contributed by atoms with Gasteiger partial charge in [0.15, 0.2) is 11.5 Å². The SMILES string of the molecule is O=S(=O)(c1cccc2c1OCCO2)N1CCOCC12CCOC2. The van der Waals surface area contributed by atoms with E-state index in [-0.39, 0.29) is 4.90 Å². The van der Waals surface area contributed by atoms with Crippen LogP contribution in [0.25, 0.3) is 0 Å². The van der Waals surface area contributed by atoms with Gasteiger partial charge in [-0.3, -0.25) is 0 Å². The second-order valence-electron chi connectivity index (χ2n) is 5.94. The van der Waals surface area contributed by atoms with Crippen molar-refractivity contribution in [1.29, 1.82) is 0 Å². The van der Waals surface area contributed by atoms with Crippen molar-refractivity contribution in [3.05, 3.63) is 18.2 Å². The van der Waals surface area contributed by atoms with Crippen molar-refractivity contribution in [3.8, 4) is 11.5 Å². The molecule has 2 fully saturated rings. The van der Waals surface area contributed by atoms with Gasteiger partial charge in [-0.25, -0.2) is 8.42 Å². The van der Waals surface area contributed by atoms with Gasteiger partial charge in [-0.05, 0) is 18.6 Å². The van der Waals surface area contributed by atoms with Crippen LogP contribution in [0.1, 0.15) is 6.42 Å². The zero-order valence-electron chi connectivity index (χ0n) is 12.7. The average Bonchev–Trinajstić information content (AvgIpc) is 3.03. The van der Waals surface area contributed by atoms with Gasteiger partial charge in [-0.1, -0.05) is 6.07 Å². The lowest BCUT2D eigenvalue weighted by molar-refractivity contribution is -0.0294. The number of para-hydroxylation sites is 1. The molecule has 0 aromatic heterocycles. The highest BCUT2D eigenvalue weighted by molar-refractivity contribution is 7.89. The molecule has 0 bridgehead atoms. The van der Waals surface area contributed by atoms with E-state index in [1.165, 1.54) is 4.31 Å². The Morgan fingerprint density at radius 3 is 2.57 bits per heavy atom. The average molecular weight is 341 g/mol. The zero-order chi connectivity index (χ0) is 15.9. The van der Waals surface area contributed by atoms with E-state index in [4.69, 9.17) is 18.9 Å². The summed E-state index contributed by atoms with van der Waals surface area (Å²) < 4.78 is 50.2. The summed E-state index contributed by atoms with van der Waals surface area (Å²) in [6.07, 6.45) is 0.638. The number of nitrogens with zero attached hydrogens (tertiary/aromatic N) is 1. The summed E-state index contributed by atoms with van der Waals surface area (Å²) in [5.41, 5.74) is -0.616. The molecule has 7 nitrogen and oxygen atoms in total. The molecule has 1 spiro atoms. The first-order valence-electron chi connectivity index (χ1n) is 7.70. The quantitative estimate of drug-likeness (QED) is 0.786. The van der Waals surface area contributed by atoms with Gasteiger partial charge in [0, 0.05) is 13.2 Å². The fourth-order valence-electron chi connectivity index (χ4n) is 3.37. The molecule has 8 heteroatoms. The fraction of sp³-hybridized carbons (Fsp3) is 0.600. The molecule has 3 heterocycles. The molecule has 126 valence electrons. The minimum atomic E-state index is -3.73. The molecule has 0 aliphatic carbocycles. The first-order chi connectivity index (χ1) is 11.1. The maximum absolute atomic E-state index is 13.3. The van der Waals surface area contributed by atoms with Crippen LogP contribution in [0.2, 0.25) is 0 Å². The van der Waals surface area contributed by atoms with Gasteiger partial charge in [0.2, 0.25) is 10.0 Å². The Morgan fingerprint density at radius 2 is 1.78 bits per heavy atom. The van der Waals surface area contributed by atoms with Crippen LogP contribution in [0.5, 0.6) is 11.5 Å². The van der Waals surface area contributed by atoms with Gasteiger partial charge >= 0.3 is 0 Å². The van der Waals surface area contributed by atoms with Crippen LogP contribution in [0.4, 0.5) is 0 Å². The lowest BCUT2D eigenvalue weighted by Crippen LogP contribution is -2.59. The van der Waals surface area contributed by atoms with Crippen molar-refractivity contribution in [2.45, 2.75) is 16.9 Å². The standard InChI is InChI=1S/C15H19NO6S/c17-23(18,13-3-1-2-12-14(13)22-9-8-21-12)16-5-7-20-11-15(16)4-6-19-10-15/h1-3H,4-11H2. The molecule has 1 atom stereocenters. The van der Waals surface area contributed by atoms with Crippen molar-refractivity contribution in [2.24, 2.45) is 0 Å². The lowest BCUT2D eigenvalue weighted by atomic mass is 9.99. The predicted molar refractivity (Wildman–Crippen MR) is 80.3 cm³/mol. The first kappa shape index (κ1) is 15.2. The topological polar surface area (TPSA) is 74.3 Å². The molecule has 0 saturated carbocycles. The van der Waals surface area contributed by atoms with E-state index in [0.717, 1.165) is 0 Å². The number of hydrogen-bond donors (Lipinski definition) is 0. The molecule has 3 aliphatic heterocycles. The first-order valence-corrected chi connectivity index (χ1v) is 9.14. The predicted octanol–water partition coefficient (Wildman–Crippen LogP) is 0.638. The largest absolute Gasteiger partial charge is 0.486 e. The van der Waals surface area contributed by atoms with Crippen molar-refractivity contribution in [2.75, 3.05) is 46.2 Å². The van der Waals surface area contributed by atoms with Gasteiger partial charge in [-0.2, -0.15) is 4.31 Å². The van der Waals surface area contributed by atoms with Gasteiger partial charge < -0.3 is 18.9 Å². The smallest absolute Gasteiger partial charge is 0.247 e. The molecule has 1 unspecified atom stereocenters. The summed E-state index contributed by atoms with van der Waals surface area (Å²) in [5.74, 6) is 0.779. The molecular formula is C15H19NO6S. The Morgan fingerprint density at radius 1 is 1.00 bits per heavy atom. The molecular weight excluding hydrogens is 322 g/mol. The monoisotopic (exact) mass is 341 g/mol. The summed E-state index contributed by atoms with van der Waals surface area (Å²) in [6, 6.07) is 4.97. The van der Waals surface area contributed by atoms with E-state index in [2.05, 4.69) is 0 Å². The summed E-state index contributed by atoms with van der Waals surface area (Å²) >= 11 is 0. The Balaban J connectivity index is 1.78. The van der Waals surface area contributed by atoms with Crippen LogP contribution in [-0.4, -0.2) is 64.4 Å². The number of hydrogen-bond acceptors (Lipinski definition) is 6. The summed E-state index contributed by atoms with van der Waals surface area (Å²) in [5, 5.41) is 0. The van der Waals surface area contributed by atoms with E-state index >= 15 is 0 Å². The third-order valence-corrected chi connectivity index (χ3v) is 6.55. The molecule has 1 aromatic carbocycles. The van der Waals surface area contributed by atoms with Crippen LogP contribution in [0.15, 0.2) is 23.1 Å². The number of sulfonamides is 1. The summed E-state index contributed by atoms with van der Waals surface area (Å²) in [6.45, 7) is 2.73.